The summed E-state index contributed by atoms with van der Waals surface area (Å²) in [6, 6.07) is 13.3. The predicted molar refractivity (Wildman–Crippen MR) is 88.8 cm³/mol. The Morgan fingerprint density at radius 3 is 2.17 bits per heavy atom. The Hall–Kier alpha value is -2.84. The molecule has 3 N–H and O–H groups in total. The quantitative estimate of drug-likeness (QED) is 0.421. The second-order valence-corrected chi connectivity index (χ2v) is 6.37. The lowest BCUT2D eigenvalue weighted by atomic mass is 10.1. The van der Waals surface area contributed by atoms with E-state index in [1.807, 2.05) is 0 Å². The molecule has 0 radical (unpaired) electrons. The van der Waals surface area contributed by atoms with Crippen molar-refractivity contribution in [2.45, 2.75) is 4.90 Å². The lowest BCUT2D eigenvalue weighted by molar-refractivity contribution is 0.484. The van der Waals surface area contributed by atoms with Crippen molar-refractivity contribution in [3.05, 3.63) is 60.4 Å². The topological polar surface area (TPSA) is 105 Å². The molecule has 3 aromatic rings. The number of fused-ring (bicyclic) bond motifs is 1. The van der Waals surface area contributed by atoms with Gasteiger partial charge in [-0.15, -0.1) is 10.2 Å². The molecule has 3 rings (SSSR count). The summed E-state index contributed by atoms with van der Waals surface area (Å²) in [7, 11) is -4.49. The normalized spacial score (nSPS) is 12.1. The summed E-state index contributed by atoms with van der Waals surface area (Å²) in [6.45, 7) is 0. The molecule has 0 aliphatic carbocycles. The standard InChI is InChI=1S/C16H12FN3O3S/c17-12-7-3-4-8-13(12)19-20-14-9-15(24(21,22)23)10-5-1-2-6-11(10)16(14)18/h1-9H,18H2,(H,21,22,23). The molecule has 8 heteroatoms. The molecule has 0 fully saturated rings. The third-order valence-electron chi connectivity index (χ3n) is 3.42. The zero-order valence-corrected chi connectivity index (χ0v) is 13.0. The number of halogens is 1. The summed E-state index contributed by atoms with van der Waals surface area (Å²) >= 11 is 0. The molecule has 0 saturated carbocycles. The Labute approximate surface area is 137 Å². The maximum absolute atomic E-state index is 13.6. The van der Waals surface area contributed by atoms with Crippen molar-refractivity contribution in [3.63, 3.8) is 0 Å². The van der Waals surface area contributed by atoms with Gasteiger partial charge in [-0.1, -0.05) is 36.4 Å². The minimum Gasteiger partial charge on any atom is -0.396 e. The van der Waals surface area contributed by atoms with Crippen LogP contribution < -0.4 is 5.73 Å². The van der Waals surface area contributed by atoms with E-state index in [4.69, 9.17) is 5.73 Å². The SMILES string of the molecule is Nc1c(N=Nc2ccccc2F)cc(S(=O)(=O)O)c2ccccc12. The minimum atomic E-state index is -4.49. The molecule has 0 bridgehead atoms. The van der Waals surface area contributed by atoms with Crippen LogP contribution in [0.15, 0.2) is 69.7 Å². The highest BCUT2D eigenvalue weighted by molar-refractivity contribution is 7.86. The van der Waals surface area contributed by atoms with E-state index in [0.717, 1.165) is 6.07 Å². The summed E-state index contributed by atoms with van der Waals surface area (Å²) in [6.07, 6.45) is 0. The first-order valence-electron chi connectivity index (χ1n) is 6.83. The summed E-state index contributed by atoms with van der Waals surface area (Å²) in [4.78, 5) is -0.338. The number of azo groups is 1. The van der Waals surface area contributed by atoms with E-state index < -0.39 is 15.9 Å². The van der Waals surface area contributed by atoms with Crippen molar-refractivity contribution in [3.8, 4) is 0 Å². The minimum absolute atomic E-state index is 0.0153. The number of nitrogen functional groups attached to an aromatic ring is 1. The Balaban J connectivity index is 2.22. The lowest BCUT2D eigenvalue weighted by Gasteiger charge is -2.09. The molecule has 6 nitrogen and oxygen atoms in total. The summed E-state index contributed by atoms with van der Waals surface area (Å²) in [5, 5.41) is 8.27. The molecule has 0 aliphatic rings. The average Bonchev–Trinajstić information content (AvgIpc) is 2.54. The van der Waals surface area contributed by atoms with E-state index in [-0.39, 0.29) is 27.3 Å². The molecule has 0 aromatic heterocycles. The van der Waals surface area contributed by atoms with Crippen molar-refractivity contribution >= 4 is 38.0 Å². The van der Waals surface area contributed by atoms with Gasteiger partial charge in [0, 0.05) is 10.8 Å². The Bertz CT molecular complexity index is 1070. The fourth-order valence-electron chi connectivity index (χ4n) is 2.29. The highest BCUT2D eigenvalue weighted by Gasteiger charge is 2.18. The average molecular weight is 345 g/mol. The first kappa shape index (κ1) is 16.0. The Morgan fingerprint density at radius 1 is 0.917 bits per heavy atom. The van der Waals surface area contributed by atoms with Crippen LogP contribution in [0.3, 0.4) is 0 Å². The number of nitrogens with two attached hydrogens (primary N) is 1. The Morgan fingerprint density at radius 2 is 1.50 bits per heavy atom. The van der Waals surface area contributed by atoms with E-state index in [0.29, 0.717) is 5.39 Å². The number of anilines is 1. The van der Waals surface area contributed by atoms with E-state index >= 15 is 0 Å². The zero-order valence-electron chi connectivity index (χ0n) is 12.2. The van der Waals surface area contributed by atoms with Gasteiger partial charge >= 0.3 is 0 Å². The van der Waals surface area contributed by atoms with Crippen molar-refractivity contribution in [2.75, 3.05) is 5.73 Å². The second kappa shape index (κ2) is 5.99. The highest BCUT2D eigenvalue weighted by atomic mass is 32.2. The molecule has 0 saturated heterocycles. The number of nitrogens with zero attached hydrogens (tertiary/aromatic N) is 2. The van der Waals surface area contributed by atoms with Gasteiger partial charge in [0.05, 0.1) is 5.69 Å². The van der Waals surface area contributed by atoms with Gasteiger partial charge in [-0.05, 0) is 18.2 Å². The third-order valence-corrected chi connectivity index (χ3v) is 4.32. The summed E-state index contributed by atoms with van der Waals surface area (Å²) < 4.78 is 46.3. The lowest BCUT2D eigenvalue weighted by Crippen LogP contribution is -2.01. The van der Waals surface area contributed by atoms with Gasteiger partial charge in [-0.2, -0.15) is 8.42 Å². The maximum atomic E-state index is 13.6. The first-order chi connectivity index (χ1) is 11.4. The molecular formula is C16H12FN3O3S. The zero-order chi connectivity index (χ0) is 17.3. The van der Waals surface area contributed by atoms with Gasteiger partial charge in [0.2, 0.25) is 0 Å². The highest BCUT2D eigenvalue weighted by Crippen LogP contribution is 2.36. The molecule has 24 heavy (non-hydrogen) atoms. The molecule has 0 spiro atoms. The second-order valence-electron chi connectivity index (χ2n) is 4.98. The van der Waals surface area contributed by atoms with Gasteiger partial charge < -0.3 is 5.73 Å². The molecule has 0 aliphatic heterocycles. The summed E-state index contributed by atoms with van der Waals surface area (Å²) in [5.74, 6) is -0.574. The fourth-order valence-corrected chi connectivity index (χ4v) is 3.00. The van der Waals surface area contributed by atoms with Gasteiger partial charge in [0.1, 0.15) is 16.3 Å². The maximum Gasteiger partial charge on any atom is 0.295 e. The molecular weight excluding hydrogens is 333 g/mol. The third kappa shape index (κ3) is 2.97. The van der Waals surface area contributed by atoms with Crippen molar-refractivity contribution in [1.82, 2.24) is 0 Å². The number of hydrogen-bond acceptors (Lipinski definition) is 5. The fraction of sp³-hybridized carbons (Fsp3) is 0. The van der Waals surface area contributed by atoms with Crippen LogP contribution in [0.2, 0.25) is 0 Å². The van der Waals surface area contributed by atoms with Crippen LogP contribution >= 0.6 is 0 Å². The molecule has 0 amide bonds. The van der Waals surface area contributed by atoms with Crippen LogP contribution in [-0.2, 0) is 10.1 Å². The van der Waals surface area contributed by atoms with Gasteiger partial charge in [-0.25, -0.2) is 4.39 Å². The van der Waals surface area contributed by atoms with Crippen LogP contribution in [0.1, 0.15) is 0 Å². The number of rotatable bonds is 3. The molecule has 0 unspecified atom stereocenters. The van der Waals surface area contributed by atoms with Crippen LogP contribution in [-0.4, -0.2) is 13.0 Å². The van der Waals surface area contributed by atoms with Crippen molar-refractivity contribution in [1.29, 1.82) is 0 Å². The van der Waals surface area contributed by atoms with Crippen molar-refractivity contribution < 1.29 is 17.4 Å². The molecule has 0 heterocycles. The van der Waals surface area contributed by atoms with Gasteiger partial charge in [-0.3, -0.25) is 4.55 Å². The van der Waals surface area contributed by atoms with Crippen molar-refractivity contribution in [2.24, 2.45) is 10.2 Å². The van der Waals surface area contributed by atoms with Gasteiger partial charge in [0.15, 0.2) is 5.82 Å². The van der Waals surface area contributed by atoms with E-state index in [9.17, 15) is 17.4 Å². The van der Waals surface area contributed by atoms with Crippen LogP contribution in [0.25, 0.3) is 10.8 Å². The van der Waals surface area contributed by atoms with E-state index in [1.165, 1.54) is 24.3 Å². The van der Waals surface area contributed by atoms with Gasteiger partial charge in [0.25, 0.3) is 10.1 Å². The van der Waals surface area contributed by atoms with Crippen LogP contribution in [0.4, 0.5) is 21.5 Å². The first-order valence-corrected chi connectivity index (χ1v) is 8.27. The van der Waals surface area contributed by atoms with Crippen LogP contribution in [0.5, 0.6) is 0 Å². The smallest absolute Gasteiger partial charge is 0.295 e. The predicted octanol–water partition coefficient (Wildman–Crippen LogP) is 4.22. The summed E-state index contributed by atoms with van der Waals surface area (Å²) in [5.41, 5.74) is 6.19. The Kier molecular flexibility index (Phi) is 4.00. The molecule has 3 aromatic carbocycles. The largest absolute Gasteiger partial charge is 0.396 e. The monoisotopic (exact) mass is 345 g/mol. The molecule has 0 atom stereocenters. The molecule has 122 valence electrons. The van der Waals surface area contributed by atoms with E-state index in [1.54, 1.807) is 24.3 Å². The van der Waals surface area contributed by atoms with E-state index in [2.05, 4.69) is 10.2 Å². The van der Waals surface area contributed by atoms with Crippen LogP contribution in [0, 0.1) is 5.82 Å². The number of benzene rings is 3. The number of hydrogen-bond donors (Lipinski definition) is 2.